The number of esters is 1. The molecule has 0 aliphatic heterocycles. The second-order valence-corrected chi connectivity index (χ2v) is 8.04. The van der Waals surface area contributed by atoms with E-state index in [1.165, 1.54) is 19.4 Å². The molecule has 5 rings (SSSR count). The van der Waals surface area contributed by atoms with Gasteiger partial charge in [0.1, 0.15) is 0 Å². The van der Waals surface area contributed by atoms with Crippen molar-refractivity contribution in [3.63, 3.8) is 0 Å². The molecule has 1 aliphatic carbocycles. The Morgan fingerprint density at radius 3 is 2.41 bits per heavy atom. The largest absolute Gasteiger partial charge is 0.465 e. The molecule has 0 spiro atoms. The predicted octanol–water partition coefficient (Wildman–Crippen LogP) is 5.15. The highest BCUT2D eigenvalue weighted by Gasteiger charge is 2.45. The fourth-order valence-electron chi connectivity index (χ4n) is 5.02. The van der Waals surface area contributed by atoms with Crippen molar-refractivity contribution in [3.05, 3.63) is 119 Å². The van der Waals surface area contributed by atoms with Gasteiger partial charge in [0.15, 0.2) is 0 Å². The summed E-state index contributed by atoms with van der Waals surface area (Å²) >= 11 is 0. The molecule has 4 aromatic rings. The summed E-state index contributed by atoms with van der Waals surface area (Å²) in [6.45, 7) is 0. The molecule has 0 saturated heterocycles. The van der Waals surface area contributed by atoms with Crippen LogP contribution in [0.1, 0.15) is 32.6 Å². The van der Waals surface area contributed by atoms with Crippen LogP contribution in [0.2, 0.25) is 0 Å². The molecule has 0 amide bonds. The first-order valence-corrected chi connectivity index (χ1v) is 10.4. The Kier molecular flexibility index (Phi) is 5.02. The molecule has 158 valence electrons. The van der Waals surface area contributed by atoms with Crippen LogP contribution in [0.5, 0.6) is 0 Å². The van der Waals surface area contributed by atoms with Gasteiger partial charge in [0, 0.05) is 24.0 Å². The lowest BCUT2D eigenvalue weighted by molar-refractivity contribution is 0.0598. The first kappa shape index (κ1) is 20.1. The lowest BCUT2D eigenvalue weighted by atomic mass is 9.68. The van der Waals surface area contributed by atoms with Crippen LogP contribution in [0.15, 0.2) is 85.3 Å². The average Bonchev–Trinajstić information content (AvgIpc) is 3.09. The number of carbonyl (C=O) groups excluding carboxylic acids is 1. The van der Waals surface area contributed by atoms with E-state index in [1.807, 2.05) is 48.5 Å². The molecule has 5 heteroatoms. The molecule has 2 heterocycles. The average molecular weight is 424 g/mol. The molecule has 32 heavy (non-hydrogen) atoms. The van der Waals surface area contributed by atoms with Crippen LogP contribution in [0.3, 0.4) is 0 Å². The zero-order chi connectivity index (χ0) is 22.1. The number of benzene rings is 2. The summed E-state index contributed by atoms with van der Waals surface area (Å²) in [6, 6.07) is 21.2. The van der Waals surface area contributed by atoms with Crippen molar-refractivity contribution in [2.45, 2.75) is 18.3 Å². The number of fused-ring (bicyclic) bond motifs is 3. The van der Waals surface area contributed by atoms with Gasteiger partial charge in [-0.2, -0.15) is 4.39 Å². The molecule has 2 aromatic heterocycles. The van der Waals surface area contributed by atoms with Gasteiger partial charge in [-0.05, 0) is 76.6 Å². The van der Waals surface area contributed by atoms with Gasteiger partial charge in [-0.15, -0.1) is 0 Å². The monoisotopic (exact) mass is 424 g/mol. The van der Waals surface area contributed by atoms with Crippen molar-refractivity contribution >= 4 is 5.97 Å². The number of pyridine rings is 2. The van der Waals surface area contributed by atoms with Crippen molar-refractivity contribution in [1.29, 1.82) is 0 Å². The number of carbonyl (C=O) groups is 1. The number of halogens is 1. The highest BCUT2D eigenvalue weighted by atomic mass is 19.1. The fourth-order valence-corrected chi connectivity index (χ4v) is 5.02. The van der Waals surface area contributed by atoms with E-state index in [2.05, 4.69) is 22.1 Å². The third kappa shape index (κ3) is 3.26. The summed E-state index contributed by atoms with van der Waals surface area (Å²) in [5, 5.41) is 0. The molecule has 0 bridgehead atoms. The Balaban J connectivity index is 1.82. The minimum Gasteiger partial charge on any atom is -0.465 e. The molecule has 0 fully saturated rings. The van der Waals surface area contributed by atoms with Crippen molar-refractivity contribution in [3.8, 4) is 11.1 Å². The molecule has 4 nitrogen and oxygen atoms in total. The van der Waals surface area contributed by atoms with Gasteiger partial charge in [0.25, 0.3) is 0 Å². The van der Waals surface area contributed by atoms with Crippen LogP contribution in [0.4, 0.5) is 4.39 Å². The molecular formula is C27H21FN2O2. The summed E-state index contributed by atoms with van der Waals surface area (Å²) in [5.74, 6) is -0.899. The van der Waals surface area contributed by atoms with Gasteiger partial charge >= 0.3 is 5.97 Å². The summed E-state index contributed by atoms with van der Waals surface area (Å²) in [4.78, 5) is 20.7. The molecule has 0 radical (unpaired) electrons. The van der Waals surface area contributed by atoms with E-state index in [1.54, 1.807) is 12.4 Å². The maximum Gasteiger partial charge on any atom is 0.338 e. The van der Waals surface area contributed by atoms with Gasteiger partial charge in [0.2, 0.25) is 5.95 Å². The van der Waals surface area contributed by atoms with Crippen molar-refractivity contribution < 1.29 is 13.9 Å². The summed E-state index contributed by atoms with van der Waals surface area (Å²) in [7, 11) is 1.40. The minimum atomic E-state index is -0.591. The Morgan fingerprint density at radius 1 is 0.906 bits per heavy atom. The van der Waals surface area contributed by atoms with Crippen LogP contribution in [-0.4, -0.2) is 23.0 Å². The highest BCUT2D eigenvalue weighted by molar-refractivity contribution is 5.97. The van der Waals surface area contributed by atoms with E-state index < -0.39 is 11.4 Å². The first-order chi connectivity index (χ1) is 15.6. The van der Waals surface area contributed by atoms with Crippen LogP contribution in [-0.2, 0) is 23.0 Å². The van der Waals surface area contributed by atoms with E-state index in [9.17, 15) is 9.18 Å². The number of aromatic nitrogens is 2. The third-order valence-corrected chi connectivity index (χ3v) is 6.23. The standard InChI is InChI=1S/C27H21FN2O2/c1-32-26(31)22-7-4-6-21-20-5-2-3-8-23(20)27(25(21)22,16-18-9-12-29-13-10-18)17-19-11-14-30-24(28)15-19/h2-15H,16-17H2,1H3/t27-/m0/s1. The van der Waals surface area contributed by atoms with Gasteiger partial charge in [-0.1, -0.05) is 36.4 Å². The third-order valence-electron chi connectivity index (χ3n) is 6.23. The molecule has 1 atom stereocenters. The van der Waals surface area contributed by atoms with Gasteiger partial charge in [-0.3, -0.25) is 4.98 Å². The van der Waals surface area contributed by atoms with E-state index in [4.69, 9.17) is 4.74 Å². The number of methoxy groups -OCH3 is 1. The van der Waals surface area contributed by atoms with Gasteiger partial charge < -0.3 is 4.74 Å². The number of rotatable bonds is 5. The maximum absolute atomic E-state index is 14.1. The minimum absolute atomic E-state index is 0.380. The van der Waals surface area contributed by atoms with Gasteiger partial charge in [-0.25, -0.2) is 9.78 Å². The number of hydrogen-bond donors (Lipinski definition) is 0. The number of ether oxygens (including phenoxy) is 1. The molecule has 0 saturated carbocycles. The Morgan fingerprint density at radius 2 is 1.62 bits per heavy atom. The van der Waals surface area contributed by atoms with E-state index in [0.717, 1.165) is 33.4 Å². The second kappa shape index (κ2) is 8.00. The first-order valence-electron chi connectivity index (χ1n) is 10.4. The SMILES string of the molecule is COC(=O)c1cccc2c1[C@@](Cc1ccncc1)(Cc1ccnc(F)c1)c1ccccc1-2. The fraction of sp³-hybridized carbons (Fsp3) is 0.148. The zero-order valence-electron chi connectivity index (χ0n) is 17.6. The topological polar surface area (TPSA) is 52.1 Å². The van der Waals surface area contributed by atoms with Crippen LogP contribution < -0.4 is 0 Å². The van der Waals surface area contributed by atoms with Crippen LogP contribution >= 0.6 is 0 Å². The Hall–Kier alpha value is -3.86. The Bertz CT molecular complexity index is 1310. The van der Waals surface area contributed by atoms with E-state index >= 15 is 0 Å². The second-order valence-electron chi connectivity index (χ2n) is 8.04. The molecular weight excluding hydrogens is 403 g/mol. The quantitative estimate of drug-likeness (QED) is 0.328. The summed E-state index contributed by atoms with van der Waals surface area (Å²) in [6.07, 6.45) is 6.15. The van der Waals surface area contributed by atoms with E-state index in [-0.39, 0.29) is 5.97 Å². The molecule has 0 unspecified atom stereocenters. The lowest BCUT2D eigenvalue weighted by Gasteiger charge is -2.34. The van der Waals surface area contributed by atoms with Gasteiger partial charge in [0.05, 0.1) is 12.7 Å². The van der Waals surface area contributed by atoms with Crippen molar-refractivity contribution in [1.82, 2.24) is 9.97 Å². The summed E-state index contributed by atoms with van der Waals surface area (Å²) in [5.41, 5.74) is 5.95. The molecule has 0 N–H and O–H groups in total. The normalized spacial score (nSPS) is 16.3. The maximum atomic E-state index is 14.1. The van der Waals surface area contributed by atoms with Crippen LogP contribution in [0, 0.1) is 5.95 Å². The smallest absolute Gasteiger partial charge is 0.338 e. The van der Waals surface area contributed by atoms with Crippen LogP contribution in [0.25, 0.3) is 11.1 Å². The Labute approximate surface area is 185 Å². The molecule has 2 aromatic carbocycles. The summed E-state index contributed by atoms with van der Waals surface area (Å²) < 4.78 is 19.2. The predicted molar refractivity (Wildman–Crippen MR) is 120 cm³/mol. The van der Waals surface area contributed by atoms with E-state index in [0.29, 0.717) is 18.4 Å². The van der Waals surface area contributed by atoms with Crippen molar-refractivity contribution in [2.75, 3.05) is 7.11 Å². The highest BCUT2D eigenvalue weighted by Crippen LogP contribution is 2.53. The number of nitrogens with zero attached hydrogens (tertiary/aromatic N) is 2. The molecule has 1 aliphatic rings. The number of hydrogen-bond acceptors (Lipinski definition) is 4. The zero-order valence-corrected chi connectivity index (χ0v) is 17.6. The van der Waals surface area contributed by atoms with Crippen molar-refractivity contribution in [2.24, 2.45) is 0 Å². The lowest BCUT2D eigenvalue weighted by Crippen LogP contribution is -2.33.